The second kappa shape index (κ2) is 8.14. The number of hydrogen-bond donors (Lipinski definition) is 2. The molecule has 112 valence electrons. The fourth-order valence-corrected chi connectivity index (χ4v) is 1.69. The van der Waals surface area contributed by atoms with Gasteiger partial charge >= 0.3 is 6.18 Å². The molecule has 0 saturated carbocycles. The van der Waals surface area contributed by atoms with Gasteiger partial charge in [-0.25, -0.2) is 4.99 Å². The van der Waals surface area contributed by atoms with E-state index in [2.05, 4.69) is 31.6 Å². The van der Waals surface area contributed by atoms with Crippen LogP contribution in [-0.4, -0.2) is 25.2 Å². The van der Waals surface area contributed by atoms with Gasteiger partial charge in [0.1, 0.15) is 0 Å². The molecule has 3 nitrogen and oxygen atoms in total. The highest BCUT2D eigenvalue weighted by Gasteiger charge is 2.26. The van der Waals surface area contributed by atoms with Crippen molar-refractivity contribution in [1.82, 2.24) is 10.6 Å². The van der Waals surface area contributed by atoms with E-state index in [-0.39, 0.29) is 6.54 Å². The van der Waals surface area contributed by atoms with Crippen LogP contribution in [0.1, 0.15) is 18.9 Å². The topological polar surface area (TPSA) is 36.4 Å². The maximum Gasteiger partial charge on any atom is 0.390 e. The highest BCUT2D eigenvalue weighted by atomic mass is 79.9. The number of guanidine groups is 1. The molecule has 0 radical (unpaired) electrons. The molecule has 1 rings (SSSR count). The van der Waals surface area contributed by atoms with Crippen molar-refractivity contribution in [1.29, 1.82) is 0 Å². The van der Waals surface area contributed by atoms with E-state index in [9.17, 15) is 13.2 Å². The predicted molar refractivity (Wildman–Crippen MR) is 77.6 cm³/mol. The van der Waals surface area contributed by atoms with E-state index in [1.54, 1.807) is 0 Å². The van der Waals surface area contributed by atoms with E-state index in [1.807, 2.05) is 31.2 Å². The van der Waals surface area contributed by atoms with Gasteiger partial charge in [0.25, 0.3) is 0 Å². The fourth-order valence-electron chi connectivity index (χ4n) is 1.42. The smallest absolute Gasteiger partial charge is 0.357 e. The van der Waals surface area contributed by atoms with E-state index in [0.29, 0.717) is 19.0 Å². The molecule has 2 N–H and O–H groups in total. The second-order valence-electron chi connectivity index (χ2n) is 4.11. The van der Waals surface area contributed by atoms with Crippen LogP contribution in [0.3, 0.4) is 0 Å². The maximum atomic E-state index is 12.1. The third-order valence-electron chi connectivity index (χ3n) is 2.38. The zero-order valence-corrected chi connectivity index (χ0v) is 12.7. The highest BCUT2D eigenvalue weighted by Crippen LogP contribution is 2.18. The molecule has 0 aliphatic carbocycles. The number of alkyl halides is 3. The Hall–Kier alpha value is -1.24. The van der Waals surface area contributed by atoms with Crippen molar-refractivity contribution in [2.75, 3.05) is 13.1 Å². The first-order chi connectivity index (χ1) is 9.40. The number of nitrogens with zero attached hydrogens (tertiary/aromatic N) is 1. The van der Waals surface area contributed by atoms with Gasteiger partial charge in [-0.1, -0.05) is 28.1 Å². The lowest BCUT2D eigenvalue weighted by Crippen LogP contribution is -2.38. The van der Waals surface area contributed by atoms with Gasteiger partial charge < -0.3 is 10.6 Å². The highest BCUT2D eigenvalue weighted by molar-refractivity contribution is 9.10. The van der Waals surface area contributed by atoms with Crippen LogP contribution in [0, 0.1) is 0 Å². The SMILES string of the molecule is CCNC(=NCc1ccc(Br)cc1)NCCC(F)(F)F. The predicted octanol–water partition coefficient (Wildman–Crippen LogP) is 3.46. The summed E-state index contributed by atoms with van der Waals surface area (Å²) < 4.78 is 37.2. The van der Waals surface area contributed by atoms with Gasteiger partial charge in [0.2, 0.25) is 0 Å². The average molecular weight is 352 g/mol. The summed E-state index contributed by atoms with van der Waals surface area (Å²) in [5, 5.41) is 5.58. The van der Waals surface area contributed by atoms with E-state index in [1.165, 1.54) is 0 Å². The molecule has 0 bridgehead atoms. The number of halogens is 4. The molecule has 20 heavy (non-hydrogen) atoms. The average Bonchev–Trinajstić information content (AvgIpc) is 2.36. The molecule has 0 unspecified atom stereocenters. The van der Waals surface area contributed by atoms with Crippen molar-refractivity contribution < 1.29 is 13.2 Å². The van der Waals surface area contributed by atoms with Gasteiger partial charge in [0.15, 0.2) is 5.96 Å². The van der Waals surface area contributed by atoms with Crippen LogP contribution in [-0.2, 0) is 6.54 Å². The minimum Gasteiger partial charge on any atom is -0.357 e. The van der Waals surface area contributed by atoms with Crippen LogP contribution in [0.5, 0.6) is 0 Å². The number of aliphatic imine (C=N–C) groups is 1. The lowest BCUT2D eigenvalue weighted by Gasteiger charge is -2.12. The van der Waals surface area contributed by atoms with Crippen molar-refractivity contribution in [3.8, 4) is 0 Å². The monoisotopic (exact) mass is 351 g/mol. The lowest BCUT2D eigenvalue weighted by atomic mass is 10.2. The van der Waals surface area contributed by atoms with E-state index < -0.39 is 12.6 Å². The Balaban J connectivity index is 2.51. The van der Waals surface area contributed by atoms with Crippen LogP contribution >= 0.6 is 15.9 Å². The van der Waals surface area contributed by atoms with Crippen molar-refractivity contribution in [2.45, 2.75) is 26.1 Å². The Bertz CT molecular complexity index is 429. The van der Waals surface area contributed by atoms with Crippen LogP contribution in [0.25, 0.3) is 0 Å². The molecule has 0 aliphatic heterocycles. The Kier molecular flexibility index (Phi) is 6.84. The summed E-state index contributed by atoms with van der Waals surface area (Å²) in [7, 11) is 0. The number of nitrogens with one attached hydrogen (secondary N) is 2. The molecular weight excluding hydrogens is 335 g/mol. The van der Waals surface area contributed by atoms with Gasteiger partial charge in [-0.2, -0.15) is 13.2 Å². The molecule has 0 aliphatic rings. The quantitative estimate of drug-likeness (QED) is 0.629. The molecule has 7 heteroatoms. The summed E-state index contributed by atoms with van der Waals surface area (Å²) in [6.07, 6.45) is -5.04. The number of benzene rings is 1. The summed E-state index contributed by atoms with van der Waals surface area (Å²) in [6.45, 7) is 2.68. The van der Waals surface area contributed by atoms with Crippen LogP contribution in [0.2, 0.25) is 0 Å². The molecule has 0 aromatic heterocycles. The van der Waals surface area contributed by atoms with Gasteiger partial charge in [-0.05, 0) is 24.6 Å². The molecule has 0 fully saturated rings. The lowest BCUT2D eigenvalue weighted by molar-refractivity contribution is -0.132. The van der Waals surface area contributed by atoms with E-state index in [0.717, 1.165) is 10.0 Å². The first-order valence-corrected chi connectivity index (χ1v) is 7.03. The van der Waals surface area contributed by atoms with Gasteiger partial charge in [-0.3, -0.25) is 0 Å². The first-order valence-electron chi connectivity index (χ1n) is 6.24. The summed E-state index contributed by atoms with van der Waals surface area (Å²) in [5.74, 6) is 0.389. The zero-order valence-electron chi connectivity index (χ0n) is 11.1. The van der Waals surface area contributed by atoms with Crippen LogP contribution in [0.4, 0.5) is 13.2 Å². The van der Waals surface area contributed by atoms with Gasteiger partial charge in [-0.15, -0.1) is 0 Å². The fraction of sp³-hybridized carbons (Fsp3) is 0.462. The van der Waals surface area contributed by atoms with Gasteiger partial charge in [0.05, 0.1) is 13.0 Å². The third-order valence-corrected chi connectivity index (χ3v) is 2.91. The molecule has 1 aromatic carbocycles. The molecule has 1 aromatic rings. The van der Waals surface area contributed by atoms with Crippen molar-refractivity contribution >= 4 is 21.9 Å². The van der Waals surface area contributed by atoms with Gasteiger partial charge in [0, 0.05) is 17.6 Å². The molecule has 0 heterocycles. The minimum atomic E-state index is -4.16. The maximum absolute atomic E-state index is 12.1. The Morgan fingerprint density at radius 2 is 1.85 bits per heavy atom. The van der Waals surface area contributed by atoms with Crippen molar-refractivity contribution in [3.63, 3.8) is 0 Å². The van der Waals surface area contributed by atoms with Crippen LogP contribution in [0.15, 0.2) is 33.7 Å². The molecular formula is C13H17BrF3N3. The Morgan fingerprint density at radius 1 is 1.20 bits per heavy atom. The molecule has 0 spiro atoms. The largest absolute Gasteiger partial charge is 0.390 e. The first kappa shape index (κ1) is 16.8. The standard InChI is InChI=1S/C13H17BrF3N3/c1-2-18-12(19-8-7-13(15,16)17)20-9-10-3-5-11(14)6-4-10/h3-6H,2,7-9H2,1H3,(H2,18,19,20). The van der Waals surface area contributed by atoms with E-state index >= 15 is 0 Å². The van der Waals surface area contributed by atoms with Crippen molar-refractivity contribution in [3.05, 3.63) is 34.3 Å². The minimum absolute atomic E-state index is 0.185. The van der Waals surface area contributed by atoms with Crippen molar-refractivity contribution in [2.24, 2.45) is 4.99 Å². The Morgan fingerprint density at radius 3 is 2.40 bits per heavy atom. The second-order valence-corrected chi connectivity index (χ2v) is 5.03. The number of hydrogen-bond acceptors (Lipinski definition) is 1. The molecule has 0 saturated heterocycles. The summed E-state index contributed by atoms with van der Waals surface area (Å²) in [5.41, 5.74) is 0.987. The molecule has 0 amide bonds. The summed E-state index contributed by atoms with van der Waals surface area (Å²) in [6, 6.07) is 7.61. The Labute approximate surface area is 124 Å². The number of rotatable bonds is 5. The van der Waals surface area contributed by atoms with E-state index in [4.69, 9.17) is 0 Å². The zero-order chi connectivity index (χ0) is 15.0. The summed E-state index contributed by atoms with van der Waals surface area (Å²) >= 11 is 3.34. The molecule has 0 atom stereocenters. The normalized spacial score (nSPS) is 12.3. The third kappa shape index (κ3) is 7.37. The summed E-state index contributed by atoms with van der Waals surface area (Å²) in [4.78, 5) is 4.24. The van der Waals surface area contributed by atoms with Crippen LogP contribution < -0.4 is 10.6 Å².